The Hall–Kier alpha value is -0.820. The number of aromatic amines is 1. The van der Waals surface area contributed by atoms with Crippen molar-refractivity contribution in [2.75, 3.05) is 0 Å². The summed E-state index contributed by atoms with van der Waals surface area (Å²) < 4.78 is 28.4. The fraction of sp³-hybridized carbons (Fsp3) is 0. The first-order valence-corrected chi connectivity index (χ1v) is 3.06. The zero-order chi connectivity index (χ0) is 6.20. The normalized spacial score (nSPS) is 12.1. The van der Waals surface area contributed by atoms with E-state index in [9.17, 15) is 8.42 Å². The summed E-state index contributed by atoms with van der Waals surface area (Å²) in [6.45, 7) is 0. The van der Waals surface area contributed by atoms with Gasteiger partial charge < -0.3 is 0 Å². The Bertz CT molecular complexity index is 245. The van der Waals surface area contributed by atoms with E-state index in [1.807, 2.05) is 5.21 Å². The molecule has 0 aliphatic carbocycles. The van der Waals surface area contributed by atoms with Crippen LogP contribution >= 0.6 is 0 Å². The lowest BCUT2D eigenvalue weighted by molar-refractivity contribution is 0.450. The molecular weight excluding hydrogens is 134 g/mol. The van der Waals surface area contributed by atoms with Gasteiger partial charge in [-0.15, -0.1) is 9.19 Å². The minimum Gasteiger partial charge on any atom is -0.268 e. The minimum absolute atomic E-state index is 0.479. The van der Waals surface area contributed by atoms with Crippen molar-refractivity contribution in [1.82, 2.24) is 14.4 Å². The fourth-order valence-corrected chi connectivity index (χ4v) is 0.533. The summed E-state index contributed by atoms with van der Waals surface area (Å²) in [6, 6.07) is 0. The molecule has 0 atom stereocenters. The summed E-state index contributed by atoms with van der Waals surface area (Å²) >= 11 is 0. The Labute approximate surface area is 45.0 Å². The van der Waals surface area contributed by atoms with E-state index < -0.39 is 10.3 Å². The Morgan fingerprint density at radius 1 is 1.75 bits per heavy atom. The molecule has 1 aromatic rings. The van der Waals surface area contributed by atoms with Gasteiger partial charge in [0.2, 0.25) is 0 Å². The van der Waals surface area contributed by atoms with Gasteiger partial charge in [-0.25, -0.2) is 0 Å². The third-order valence-corrected chi connectivity index (χ3v) is 1.24. The molecule has 0 radical (unpaired) electrons. The van der Waals surface area contributed by atoms with Crippen LogP contribution in [0.1, 0.15) is 0 Å². The molecule has 1 heterocycles. The van der Waals surface area contributed by atoms with E-state index in [-0.39, 0.29) is 0 Å². The maximum absolute atomic E-state index is 9.94. The summed E-state index contributed by atoms with van der Waals surface area (Å²) in [7, 11) is -4.09. The van der Waals surface area contributed by atoms with Gasteiger partial charge >= 0.3 is 10.3 Å². The van der Waals surface area contributed by atoms with E-state index in [0.717, 1.165) is 6.33 Å². The molecule has 1 aromatic heterocycles. The van der Waals surface area contributed by atoms with Crippen LogP contribution in [0.25, 0.3) is 0 Å². The Kier molecular flexibility index (Phi) is 0.882. The van der Waals surface area contributed by atoms with E-state index in [1.165, 1.54) is 0 Å². The second kappa shape index (κ2) is 1.33. The van der Waals surface area contributed by atoms with Crippen molar-refractivity contribution in [3.05, 3.63) is 6.33 Å². The SMILES string of the molecule is O=S(=O)(O)n1cn[nH]1. The lowest BCUT2D eigenvalue weighted by Gasteiger charge is -2.00. The number of aromatic nitrogens is 3. The highest BCUT2D eigenvalue weighted by atomic mass is 32.2. The van der Waals surface area contributed by atoms with Gasteiger partial charge in [-0.3, -0.25) is 4.55 Å². The number of hydrogen-bond acceptors (Lipinski definition) is 3. The Morgan fingerprint density at radius 3 is 2.25 bits per heavy atom. The highest BCUT2D eigenvalue weighted by molar-refractivity contribution is 7.84. The van der Waals surface area contributed by atoms with E-state index >= 15 is 0 Å². The Balaban J connectivity index is 3.05. The van der Waals surface area contributed by atoms with E-state index in [4.69, 9.17) is 4.55 Å². The molecule has 1 rings (SSSR count). The summed E-state index contributed by atoms with van der Waals surface area (Å²) in [6.07, 6.45) is 0.940. The molecule has 0 amide bonds. The van der Waals surface area contributed by atoms with Crippen molar-refractivity contribution < 1.29 is 13.0 Å². The van der Waals surface area contributed by atoms with Gasteiger partial charge in [0.1, 0.15) is 0 Å². The van der Waals surface area contributed by atoms with Crippen molar-refractivity contribution in [3.63, 3.8) is 0 Å². The van der Waals surface area contributed by atoms with Crippen molar-refractivity contribution in [2.24, 2.45) is 0 Å². The number of rotatable bonds is 1. The number of hydrogen-bond donors (Lipinski definition) is 2. The first-order chi connectivity index (χ1) is 3.61. The van der Waals surface area contributed by atoms with Gasteiger partial charge in [-0.1, -0.05) is 0 Å². The van der Waals surface area contributed by atoms with Gasteiger partial charge in [0.15, 0.2) is 6.33 Å². The highest BCUT2D eigenvalue weighted by Gasteiger charge is 2.06. The lowest BCUT2D eigenvalue weighted by Crippen LogP contribution is -2.19. The molecule has 0 saturated heterocycles. The predicted octanol–water partition coefficient (Wildman–Crippen LogP) is -1.14. The summed E-state index contributed by atoms with van der Waals surface area (Å²) in [5.74, 6) is 0. The fourth-order valence-electron chi connectivity index (χ4n) is 0.216. The van der Waals surface area contributed by atoms with Crippen LogP contribution in [-0.2, 0) is 10.3 Å². The third-order valence-electron chi connectivity index (χ3n) is 0.567. The molecule has 0 spiro atoms. The maximum Gasteiger partial charge on any atom is 0.379 e. The Morgan fingerprint density at radius 2 is 2.25 bits per heavy atom. The molecule has 8 heavy (non-hydrogen) atoms. The van der Waals surface area contributed by atoms with Crippen molar-refractivity contribution >= 4 is 10.3 Å². The lowest BCUT2D eigenvalue weighted by atomic mass is 11.4. The molecule has 0 aliphatic rings. The van der Waals surface area contributed by atoms with Crippen LogP contribution in [-0.4, -0.2) is 27.4 Å². The second-order valence-corrected chi connectivity index (χ2v) is 2.41. The quantitative estimate of drug-likeness (QED) is 0.479. The summed E-state index contributed by atoms with van der Waals surface area (Å²) in [5, 5.41) is 5.13. The number of nitrogens with one attached hydrogen (secondary N) is 1. The standard InChI is InChI=1S/CH3N3O3S/c5-8(6,7)4-1-2-3-4/h1,3H,(H,5,6,7). The van der Waals surface area contributed by atoms with Crippen LogP contribution < -0.4 is 0 Å². The minimum atomic E-state index is -4.09. The molecule has 46 valence electrons. The van der Waals surface area contributed by atoms with Crippen LogP contribution in [0, 0.1) is 0 Å². The zero-order valence-corrected chi connectivity index (χ0v) is 4.46. The molecule has 0 unspecified atom stereocenters. The van der Waals surface area contributed by atoms with Crippen LogP contribution in [0.15, 0.2) is 6.33 Å². The molecule has 6 nitrogen and oxygen atoms in total. The second-order valence-electron chi connectivity index (χ2n) is 1.12. The summed E-state index contributed by atoms with van der Waals surface area (Å²) in [4.78, 5) is 0. The monoisotopic (exact) mass is 137 g/mol. The number of nitrogens with zero attached hydrogens (tertiary/aromatic N) is 2. The van der Waals surface area contributed by atoms with Crippen molar-refractivity contribution in [1.29, 1.82) is 0 Å². The topological polar surface area (TPSA) is 88.0 Å². The van der Waals surface area contributed by atoms with Gasteiger partial charge in [0.05, 0.1) is 0 Å². The maximum atomic E-state index is 9.94. The van der Waals surface area contributed by atoms with Crippen LogP contribution in [0.4, 0.5) is 0 Å². The van der Waals surface area contributed by atoms with E-state index in [1.54, 1.807) is 0 Å². The van der Waals surface area contributed by atoms with Crippen LogP contribution in [0.3, 0.4) is 0 Å². The molecule has 0 fully saturated rings. The van der Waals surface area contributed by atoms with Crippen molar-refractivity contribution in [3.8, 4) is 0 Å². The number of H-pyrrole nitrogens is 1. The molecule has 0 aromatic carbocycles. The van der Waals surface area contributed by atoms with Gasteiger partial charge in [0, 0.05) is 0 Å². The molecule has 0 aliphatic heterocycles. The first-order valence-electron chi connectivity index (χ1n) is 1.66. The molecule has 2 N–H and O–H groups in total. The smallest absolute Gasteiger partial charge is 0.268 e. The van der Waals surface area contributed by atoms with Gasteiger partial charge in [-0.05, 0) is 0 Å². The molecule has 0 saturated carbocycles. The summed E-state index contributed by atoms with van der Waals surface area (Å²) in [5.41, 5.74) is 0. The van der Waals surface area contributed by atoms with E-state index in [0.29, 0.717) is 4.09 Å². The highest BCUT2D eigenvalue weighted by Crippen LogP contribution is 1.84. The first kappa shape index (κ1) is 5.32. The average molecular weight is 137 g/mol. The third kappa shape index (κ3) is 0.724. The zero-order valence-electron chi connectivity index (χ0n) is 3.64. The largest absolute Gasteiger partial charge is 0.379 e. The molecule has 0 bridgehead atoms. The van der Waals surface area contributed by atoms with Crippen LogP contribution in [0.5, 0.6) is 0 Å². The van der Waals surface area contributed by atoms with Gasteiger partial charge in [0.25, 0.3) is 0 Å². The van der Waals surface area contributed by atoms with Crippen LogP contribution in [0.2, 0.25) is 0 Å². The van der Waals surface area contributed by atoms with Crippen molar-refractivity contribution in [2.45, 2.75) is 0 Å². The molecular formula is CH3N3O3S. The van der Waals surface area contributed by atoms with E-state index in [2.05, 4.69) is 5.10 Å². The van der Waals surface area contributed by atoms with Gasteiger partial charge in [-0.2, -0.15) is 13.6 Å². The predicted molar refractivity (Wildman–Crippen MR) is 23.5 cm³/mol. The average Bonchev–Trinajstić information content (AvgIpc) is 1.16. The molecule has 7 heteroatoms.